The van der Waals surface area contributed by atoms with Gasteiger partial charge in [-0.05, 0) is 55.5 Å². The van der Waals surface area contributed by atoms with Crippen molar-refractivity contribution >= 4 is 44.7 Å². The molecule has 0 fully saturated rings. The van der Waals surface area contributed by atoms with Gasteiger partial charge in [0.25, 0.3) is 17.4 Å². The lowest BCUT2D eigenvalue weighted by Gasteiger charge is -2.08. The number of amides is 2. The van der Waals surface area contributed by atoms with Crippen LogP contribution in [0.2, 0.25) is 0 Å². The van der Waals surface area contributed by atoms with Crippen molar-refractivity contribution in [3.8, 4) is 5.69 Å². The van der Waals surface area contributed by atoms with Crippen LogP contribution in [0, 0.1) is 6.92 Å². The second-order valence-electron chi connectivity index (χ2n) is 7.96. The largest absolute Gasteiger partial charge is 0.322 e. The average molecular weight is 484 g/mol. The van der Waals surface area contributed by atoms with Gasteiger partial charge in [-0.15, -0.1) is 11.3 Å². The van der Waals surface area contributed by atoms with Crippen LogP contribution in [-0.2, 0) is 7.05 Å². The molecule has 174 valence electrons. The van der Waals surface area contributed by atoms with E-state index in [2.05, 4.69) is 15.6 Å². The average Bonchev–Trinajstić information content (AvgIpc) is 3.42. The van der Waals surface area contributed by atoms with Crippen LogP contribution in [0.1, 0.15) is 26.4 Å². The summed E-state index contributed by atoms with van der Waals surface area (Å²) in [5.41, 5.74) is 5.05. The van der Waals surface area contributed by atoms with Crippen molar-refractivity contribution < 1.29 is 9.59 Å². The van der Waals surface area contributed by atoms with Crippen molar-refractivity contribution in [2.75, 3.05) is 10.6 Å². The Kier molecular flexibility index (Phi) is 5.76. The third-order valence-corrected chi connectivity index (χ3v) is 6.56. The number of nitrogens with one attached hydrogen (secondary N) is 2. The second-order valence-corrected chi connectivity index (χ2v) is 8.85. The van der Waals surface area contributed by atoms with Gasteiger partial charge >= 0.3 is 0 Å². The number of nitrogens with zero attached hydrogens (tertiary/aromatic N) is 3. The molecule has 8 nitrogen and oxygen atoms in total. The molecule has 0 aliphatic heterocycles. The van der Waals surface area contributed by atoms with Gasteiger partial charge in [0.15, 0.2) is 0 Å². The van der Waals surface area contributed by atoms with Gasteiger partial charge in [-0.25, -0.2) is 9.67 Å². The van der Waals surface area contributed by atoms with E-state index in [0.717, 1.165) is 10.2 Å². The molecular weight excluding hydrogens is 462 g/mol. The number of aromatic nitrogens is 3. The van der Waals surface area contributed by atoms with Gasteiger partial charge in [0.1, 0.15) is 5.69 Å². The zero-order valence-electron chi connectivity index (χ0n) is 19.0. The summed E-state index contributed by atoms with van der Waals surface area (Å²) >= 11 is 1.46. The molecular formula is C26H21N5O3S. The second kappa shape index (κ2) is 9.03. The molecule has 2 amide bonds. The van der Waals surface area contributed by atoms with E-state index in [1.165, 1.54) is 16.0 Å². The predicted molar refractivity (Wildman–Crippen MR) is 138 cm³/mol. The number of anilines is 2. The maximum atomic E-state index is 13.1. The first-order valence-electron chi connectivity index (χ1n) is 10.8. The van der Waals surface area contributed by atoms with Crippen LogP contribution in [0.4, 0.5) is 11.4 Å². The van der Waals surface area contributed by atoms with Crippen LogP contribution >= 0.6 is 11.3 Å². The third-order valence-electron chi connectivity index (χ3n) is 5.77. The van der Waals surface area contributed by atoms with Crippen molar-refractivity contribution in [3.05, 3.63) is 105 Å². The molecule has 2 N–H and O–H groups in total. The zero-order valence-corrected chi connectivity index (χ0v) is 19.8. The number of benzene rings is 3. The fourth-order valence-corrected chi connectivity index (χ4v) is 4.55. The minimum atomic E-state index is -0.446. The van der Waals surface area contributed by atoms with Gasteiger partial charge in [-0.3, -0.25) is 19.1 Å². The highest BCUT2D eigenvalue weighted by molar-refractivity contribution is 7.16. The Hall–Kier alpha value is -4.50. The summed E-state index contributed by atoms with van der Waals surface area (Å²) in [5, 5.41) is 5.57. The summed E-state index contributed by atoms with van der Waals surface area (Å²) in [6, 6.07) is 21.1. The highest BCUT2D eigenvalue weighted by Crippen LogP contribution is 2.21. The Balaban J connectivity index is 1.37. The summed E-state index contributed by atoms with van der Waals surface area (Å²) in [6.45, 7) is 1.77. The molecule has 0 aliphatic rings. The van der Waals surface area contributed by atoms with Gasteiger partial charge in [-0.1, -0.05) is 24.3 Å². The topological polar surface area (TPSA) is 98.0 Å². The summed E-state index contributed by atoms with van der Waals surface area (Å²) in [7, 11) is 1.76. The minimum absolute atomic E-state index is 0.202. The van der Waals surface area contributed by atoms with E-state index in [0.29, 0.717) is 28.2 Å². The fourth-order valence-electron chi connectivity index (χ4n) is 3.84. The van der Waals surface area contributed by atoms with E-state index in [4.69, 9.17) is 0 Å². The quantitative estimate of drug-likeness (QED) is 0.382. The maximum Gasteiger partial charge on any atom is 0.295 e. The molecule has 0 atom stereocenters. The lowest BCUT2D eigenvalue weighted by Crippen LogP contribution is -2.23. The Morgan fingerprint density at radius 1 is 0.886 bits per heavy atom. The minimum Gasteiger partial charge on any atom is -0.322 e. The van der Waals surface area contributed by atoms with Crippen molar-refractivity contribution in [2.24, 2.45) is 7.05 Å². The molecule has 2 heterocycles. The van der Waals surface area contributed by atoms with E-state index in [9.17, 15) is 14.4 Å². The normalized spacial score (nSPS) is 10.9. The van der Waals surface area contributed by atoms with Crippen molar-refractivity contribution in [2.45, 2.75) is 6.92 Å². The highest BCUT2D eigenvalue weighted by atomic mass is 32.1. The number of hydrogen-bond donors (Lipinski definition) is 2. The Morgan fingerprint density at radius 2 is 1.63 bits per heavy atom. The molecule has 0 aliphatic carbocycles. The first kappa shape index (κ1) is 22.3. The first-order chi connectivity index (χ1) is 16.9. The standard InChI is InChI=1S/C26H21N5O3S/c1-16-23(26(34)31(30(16)2)20-9-4-3-5-10-20)29-25(33)17-7-6-8-19(13-17)28-24(32)18-11-12-21-22(14-18)35-15-27-21/h3-15H,1-2H3,(H,28,32)(H,29,33). The predicted octanol–water partition coefficient (Wildman–Crippen LogP) is 4.60. The van der Waals surface area contributed by atoms with E-state index in [-0.39, 0.29) is 17.2 Å². The van der Waals surface area contributed by atoms with Gasteiger partial charge in [0.2, 0.25) is 0 Å². The molecule has 3 aromatic carbocycles. The fraction of sp³-hybridized carbons (Fsp3) is 0.0769. The Labute approximate surface area is 204 Å². The van der Waals surface area contributed by atoms with Gasteiger partial charge in [-0.2, -0.15) is 0 Å². The SMILES string of the molecule is Cc1c(NC(=O)c2cccc(NC(=O)c3ccc4ncsc4c3)c2)c(=O)n(-c2ccccc2)n1C. The van der Waals surface area contributed by atoms with E-state index >= 15 is 0 Å². The molecule has 0 saturated carbocycles. The molecule has 0 spiro atoms. The number of para-hydroxylation sites is 1. The molecule has 5 rings (SSSR count). The Bertz CT molecular complexity index is 1630. The number of rotatable bonds is 5. The van der Waals surface area contributed by atoms with Crippen molar-refractivity contribution in [3.63, 3.8) is 0 Å². The van der Waals surface area contributed by atoms with E-state index in [1.807, 2.05) is 30.3 Å². The lowest BCUT2D eigenvalue weighted by atomic mass is 10.1. The third kappa shape index (κ3) is 4.24. The molecule has 5 aromatic rings. The summed E-state index contributed by atoms with van der Waals surface area (Å²) in [4.78, 5) is 43.1. The molecule has 35 heavy (non-hydrogen) atoms. The maximum absolute atomic E-state index is 13.1. The number of thiazole rings is 1. The first-order valence-corrected chi connectivity index (χ1v) is 11.7. The van der Waals surface area contributed by atoms with Crippen LogP contribution in [0.5, 0.6) is 0 Å². The number of fused-ring (bicyclic) bond motifs is 1. The van der Waals surface area contributed by atoms with Gasteiger partial charge in [0, 0.05) is 23.9 Å². The number of hydrogen-bond acceptors (Lipinski definition) is 5. The summed E-state index contributed by atoms with van der Waals surface area (Å²) in [6.07, 6.45) is 0. The van der Waals surface area contributed by atoms with Crippen LogP contribution in [0.25, 0.3) is 15.9 Å². The highest BCUT2D eigenvalue weighted by Gasteiger charge is 2.19. The van der Waals surface area contributed by atoms with Crippen LogP contribution in [0.15, 0.2) is 83.1 Å². The molecule has 0 bridgehead atoms. The summed E-state index contributed by atoms with van der Waals surface area (Å²) < 4.78 is 4.12. The zero-order chi connectivity index (χ0) is 24.5. The van der Waals surface area contributed by atoms with Gasteiger partial charge in [0.05, 0.1) is 27.1 Å². The van der Waals surface area contributed by atoms with Crippen molar-refractivity contribution in [1.82, 2.24) is 14.3 Å². The lowest BCUT2D eigenvalue weighted by molar-refractivity contribution is 0.101. The molecule has 9 heteroatoms. The summed E-state index contributed by atoms with van der Waals surface area (Å²) in [5.74, 6) is -0.735. The van der Waals surface area contributed by atoms with Crippen LogP contribution in [0.3, 0.4) is 0 Å². The van der Waals surface area contributed by atoms with Crippen LogP contribution < -0.4 is 16.2 Å². The van der Waals surface area contributed by atoms with Crippen LogP contribution in [-0.4, -0.2) is 26.2 Å². The molecule has 0 saturated heterocycles. The van der Waals surface area contributed by atoms with E-state index in [1.54, 1.807) is 66.6 Å². The van der Waals surface area contributed by atoms with E-state index < -0.39 is 5.91 Å². The van der Waals surface area contributed by atoms with Crippen molar-refractivity contribution in [1.29, 1.82) is 0 Å². The molecule has 2 aromatic heterocycles. The number of carbonyl (C=O) groups is 2. The number of carbonyl (C=O) groups excluding carboxylic acids is 2. The smallest absolute Gasteiger partial charge is 0.295 e. The molecule has 0 unspecified atom stereocenters. The monoisotopic (exact) mass is 483 g/mol. The molecule has 0 radical (unpaired) electrons. The Morgan fingerprint density at radius 3 is 2.43 bits per heavy atom. The van der Waals surface area contributed by atoms with Gasteiger partial charge < -0.3 is 10.6 Å².